The van der Waals surface area contributed by atoms with Crippen molar-refractivity contribution in [2.45, 2.75) is 34.1 Å². The molecular formula is C16H22N4. The summed E-state index contributed by atoms with van der Waals surface area (Å²) in [6.07, 6.45) is 1.07. The fourth-order valence-electron chi connectivity index (χ4n) is 1.94. The lowest BCUT2D eigenvalue weighted by Gasteiger charge is -2.11. The fraction of sp³-hybridized carbons (Fsp3) is 0.375. The summed E-state index contributed by atoms with van der Waals surface area (Å²) in [7, 11) is 0. The Balaban J connectivity index is 2.19. The Morgan fingerprint density at radius 1 is 0.950 bits per heavy atom. The van der Waals surface area contributed by atoms with Crippen LogP contribution in [0.2, 0.25) is 0 Å². The van der Waals surface area contributed by atoms with Gasteiger partial charge in [0, 0.05) is 18.3 Å². The van der Waals surface area contributed by atoms with Gasteiger partial charge in [0.05, 0.1) is 0 Å². The summed E-state index contributed by atoms with van der Waals surface area (Å²) in [6, 6.07) is 8.25. The first-order chi connectivity index (χ1) is 9.58. The van der Waals surface area contributed by atoms with E-state index in [0.29, 0.717) is 0 Å². The Kier molecular flexibility index (Phi) is 4.56. The monoisotopic (exact) mass is 270 g/mol. The second-order valence-electron chi connectivity index (χ2n) is 5.04. The molecular weight excluding hydrogens is 248 g/mol. The molecule has 1 aromatic heterocycles. The van der Waals surface area contributed by atoms with Gasteiger partial charge in [0.15, 0.2) is 0 Å². The maximum atomic E-state index is 4.43. The van der Waals surface area contributed by atoms with Gasteiger partial charge in [-0.3, -0.25) is 0 Å². The van der Waals surface area contributed by atoms with E-state index in [1.807, 2.05) is 13.0 Å². The topological polar surface area (TPSA) is 49.8 Å². The summed E-state index contributed by atoms with van der Waals surface area (Å²) in [5, 5.41) is 6.63. The predicted molar refractivity (Wildman–Crippen MR) is 84.7 cm³/mol. The van der Waals surface area contributed by atoms with Crippen molar-refractivity contribution in [3.8, 4) is 0 Å². The van der Waals surface area contributed by atoms with E-state index in [1.54, 1.807) is 0 Å². The molecule has 1 aromatic carbocycles. The Bertz CT molecular complexity index is 593. The minimum atomic E-state index is 0.762. The van der Waals surface area contributed by atoms with Gasteiger partial charge in [-0.2, -0.15) is 0 Å². The van der Waals surface area contributed by atoms with Crippen molar-refractivity contribution in [2.24, 2.45) is 0 Å². The van der Waals surface area contributed by atoms with Crippen LogP contribution in [-0.2, 0) is 0 Å². The summed E-state index contributed by atoms with van der Waals surface area (Å²) in [4.78, 5) is 8.81. The summed E-state index contributed by atoms with van der Waals surface area (Å²) in [5.74, 6) is 2.45. The van der Waals surface area contributed by atoms with Gasteiger partial charge in [-0.15, -0.1) is 0 Å². The molecule has 2 aromatic rings. The Hall–Kier alpha value is -2.10. The molecule has 2 rings (SSSR count). The summed E-state index contributed by atoms with van der Waals surface area (Å²) >= 11 is 0. The van der Waals surface area contributed by atoms with E-state index in [0.717, 1.165) is 36.1 Å². The van der Waals surface area contributed by atoms with Crippen molar-refractivity contribution >= 4 is 17.3 Å². The van der Waals surface area contributed by atoms with Gasteiger partial charge in [0.2, 0.25) is 0 Å². The molecule has 106 valence electrons. The van der Waals surface area contributed by atoms with E-state index in [9.17, 15) is 0 Å². The molecule has 0 fully saturated rings. The molecule has 0 saturated carbocycles. The number of anilines is 3. The molecule has 0 atom stereocenters. The summed E-state index contributed by atoms with van der Waals surface area (Å²) in [6.45, 7) is 9.18. The lowest BCUT2D eigenvalue weighted by atomic mass is 10.1. The van der Waals surface area contributed by atoms with Crippen LogP contribution in [0.1, 0.15) is 30.3 Å². The van der Waals surface area contributed by atoms with Crippen LogP contribution < -0.4 is 10.6 Å². The fourth-order valence-corrected chi connectivity index (χ4v) is 1.94. The number of nitrogens with one attached hydrogen (secondary N) is 2. The SMILES string of the molecule is CCCNc1cc(Nc2ccc(C)c(C)c2)nc(C)n1. The summed E-state index contributed by atoms with van der Waals surface area (Å²) in [5.41, 5.74) is 3.61. The van der Waals surface area contributed by atoms with Gasteiger partial charge in [-0.1, -0.05) is 13.0 Å². The van der Waals surface area contributed by atoms with Crippen molar-refractivity contribution in [3.63, 3.8) is 0 Å². The quantitative estimate of drug-likeness (QED) is 0.863. The third-order valence-corrected chi connectivity index (χ3v) is 3.17. The highest BCUT2D eigenvalue weighted by Crippen LogP contribution is 2.20. The molecule has 0 aliphatic rings. The zero-order chi connectivity index (χ0) is 14.5. The minimum Gasteiger partial charge on any atom is -0.370 e. The number of aryl methyl sites for hydroxylation is 3. The highest BCUT2D eigenvalue weighted by atomic mass is 15.1. The Morgan fingerprint density at radius 2 is 1.70 bits per heavy atom. The van der Waals surface area contributed by atoms with Crippen LogP contribution in [0.25, 0.3) is 0 Å². The lowest BCUT2D eigenvalue weighted by molar-refractivity contribution is 0.955. The molecule has 0 saturated heterocycles. The van der Waals surface area contributed by atoms with Crippen molar-refractivity contribution in [2.75, 3.05) is 17.2 Å². The van der Waals surface area contributed by atoms with Crippen LogP contribution in [0.3, 0.4) is 0 Å². The van der Waals surface area contributed by atoms with E-state index >= 15 is 0 Å². The van der Waals surface area contributed by atoms with Gasteiger partial charge in [0.1, 0.15) is 17.5 Å². The molecule has 1 heterocycles. The van der Waals surface area contributed by atoms with Crippen LogP contribution in [0.4, 0.5) is 17.3 Å². The standard InChI is InChI=1S/C16H22N4/c1-5-8-17-15-10-16(19-13(4)18-15)20-14-7-6-11(2)12(3)9-14/h6-7,9-10H,5,8H2,1-4H3,(H2,17,18,19,20). The van der Waals surface area contributed by atoms with Crippen LogP contribution in [0, 0.1) is 20.8 Å². The molecule has 0 bridgehead atoms. The third kappa shape index (κ3) is 3.70. The van der Waals surface area contributed by atoms with E-state index in [4.69, 9.17) is 0 Å². The zero-order valence-electron chi connectivity index (χ0n) is 12.6. The number of hydrogen-bond acceptors (Lipinski definition) is 4. The average Bonchev–Trinajstić information content (AvgIpc) is 2.40. The highest BCUT2D eigenvalue weighted by Gasteiger charge is 2.03. The van der Waals surface area contributed by atoms with Gasteiger partial charge in [-0.25, -0.2) is 9.97 Å². The second kappa shape index (κ2) is 6.37. The number of hydrogen-bond donors (Lipinski definition) is 2. The first kappa shape index (κ1) is 14.3. The molecule has 20 heavy (non-hydrogen) atoms. The van der Waals surface area contributed by atoms with Crippen LogP contribution in [-0.4, -0.2) is 16.5 Å². The number of nitrogens with zero attached hydrogens (tertiary/aromatic N) is 2. The van der Waals surface area contributed by atoms with E-state index < -0.39 is 0 Å². The van der Waals surface area contributed by atoms with Crippen molar-refractivity contribution in [1.29, 1.82) is 0 Å². The molecule has 2 N–H and O–H groups in total. The van der Waals surface area contributed by atoms with Gasteiger partial charge < -0.3 is 10.6 Å². The number of aromatic nitrogens is 2. The average molecular weight is 270 g/mol. The number of rotatable bonds is 5. The highest BCUT2D eigenvalue weighted by molar-refractivity contribution is 5.60. The minimum absolute atomic E-state index is 0.762. The largest absolute Gasteiger partial charge is 0.370 e. The lowest BCUT2D eigenvalue weighted by Crippen LogP contribution is -2.05. The Labute approximate surface area is 120 Å². The third-order valence-electron chi connectivity index (χ3n) is 3.17. The molecule has 0 radical (unpaired) electrons. The van der Waals surface area contributed by atoms with Crippen LogP contribution in [0.5, 0.6) is 0 Å². The molecule has 0 unspecified atom stereocenters. The molecule has 0 aliphatic heterocycles. The van der Waals surface area contributed by atoms with Gasteiger partial charge in [-0.05, 0) is 50.5 Å². The number of benzene rings is 1. The van der Waals surface area contributed by atoms with Crippen LogP contribution in [0.15, 0.2) is 24.3 Å². The van der Waals surface area contributed by atoms with Crippen molar-refractivity contribution < 1.29 is 0 Å². The molecule has 0 spiro atoms. The molecule has 4 nitrogen and oxygen atoms in total. The molecule has 0 amide bonds. The Morgan fingerprint density at radius 3 is 2.40 bits per heavy atom. The molecule has 4 heteroatoms. The summed E-state index contributed by atoms with van der Waals surface area (Å²) < 4.78 is 0. The van der Waals surface area contributed by atoms with E-state index in [-0.39, 0.29) is 0 Å². The first-order valence-corrected chi connectivity index (χ1v) is 7.02. The second-order valence-corrected chi connectivity index (χ2v) is 5.04. The van der Waals surface area contributed by atoms with Crippen LogP contribution >= 0.6 is 0 Å². The van der Waals surface area contributed by atoms with Crippen molar-refractivity contribution in [1.82, 2.24) is 9.97 Å². The van der Waals surface area contributed by atoms with Gasteiger partial charge >= 0.3 is 0 Å². The van der Waals surface area contributed by atoms with Gasteiger partial charge in [0.25, 0.3) is 0 Å². The van der Waals surface area contributed by atoms with E-state index in [1.165, 1.54) is 11.1 Å². The maximum absolute atomic E-state index is 4.43. The predicted octanol–water partition coefficient (Wildman–Crippen LogP) is 3.97. The normalized spacial score (nSPS) is 10.4. The van der Waals surface area contributed by atoms with E-state index in [2.05, 4.69) is 59.6 Å². The smallest absolute Gasteiger partial charge is 0.136 e. The first-order valence-electron chi connectivity index (χ1n) is 7.02. The van der Waals surface area contributed by atoms with Crippen molar-refractivity contribution in [3.05, 3.63) is 41.2 Å². The zero-order valence-corrected chi connectivity index (χ0v) is 12.6. The molecule has 0 aliphatic carbocycles. The maximum Gasteiger partial charge on any atom is 0.136 e.